The molecule has 0 saturated carbocycles. The maximum atomic E-state index is 4.56. The summed E-state index contributed by atoms with van der Waals surface area (Å²) in [6.07, 6.45) is 4.87. The number of aryl methyl sites for hydroxylation is 1. The molecule has 1 atom stereocenters. The van der Waals surface area contributed by atoms with Gasteiger partial charge in [-0.15, -0.1) is 11.3 Å². The molecule has 0 spiro atoms. The Morgan fingerprint density at radius 2 is 2.53 bits per heavy atom. The summed E-state index contributed by atoms with van der Waals surface area (Å²) in [5.41, 5.74) is 2.47. The number of fused-ring (bicyclic) bond motifs is 1. The number of nitrogens with one attached hydrogen (secondary N) is 1. The molecule has 0 aromatic carbocycles. The fourth-order valence-electron chi connectivity index (χ4n) is 2.31. The van der Waals surface area contributed by atoms with Crippen molar-refractivity contribution < 1.29 is 0 Å². The average molecular weight is 267 g/mol. The minimum Gasteiger partial charge on any atom is -0.310 e. The molecule has 0 aliphatic carbocycles. The minimum absolute atomic E-state index is 0.821. The Hall–Kier alpha value is -0.520. The molecule has 5 heteroatoms. The largest absolute Gasteiger partial charge is 0.310 e. The van der Waals surface area contributed by atoms with Crippen LogP contribution in [0.2, 0.25) is 0 Å². The van der Waals surface area contributed by atoms with E-state index in [-0.39, 0.29) is 0 Å². The van der Waals surface area contributed by atoms with Gasteiger partial charge < -0.3 is 5.32 Å². The highest BCUT2D eigenvalue weighted by Gasteiger charge is 2.15. The molecule has 0 radical (unpaired) electrons. The van der Waals surface area contributed by atoms with Gasteiger partial charge in [0.15, 0.2) is 4.96 Å². The highest BCUT2D eigenvalue weighted by atomic mass is 32.2. The third-order valence-corrected chi connectivity index (χ3v) is 5.40. The lowest BCUT2D eigenvalue weighted by Gasteiger charge is -2.09. The zero-order valence-electron chi connectivity index (χ0n) is 9.98. The van der Waals surface area contributed by atoms with E-state index in [4.69, 9.17) is 0 Å². The van der Waals surface area contributed by atoms with Crippen molar-refractivity contribution in [2.45, 2.75) is 31.6 Å². The van der Waals surface area contributed by atoms with Crippen molar-refractivity contribution in [2.75, 3.05) is 12.3 Å². The molecule has 1 aliphatic heterocycles. The first-order valence-electron chi connectivity index (χ1n) is 6.08. The lowest BCUT2D eigenvalue weighted by molar-refractivity contribution is 0.634. The third-order valence-electron chi connectivity index (χ3n) is 3.25. The molecular weight excluding hydrogens is 250 g/mol. The molecule has 2 aromatic rings. The second-order valence-electron chi connectivity index (χ2n) is 4.47. The van der Waals surface area contributed by atoms with Gasteiger partial charge in [-0.25, -0.2) is 4.98 Å². The quantitative estimate of drug-likeness (QED) is 0.923. The Morgan fingerprint density at radius 1 is 1.59 bits per heavy atom. The van der Waals surface area contributed by atoms with Gasteiger partial charge in [0.2, 0.25) is 0 Å². The fraction of sp³-hybridized carbons (Fsp3) is 0.583. The average Bonchev–Trinajstić information content (AvgIpc) is 2.98. The molecular formula is C12H17N3S2. The predicted octanol–water partition coefficient (Wildman–Crippen LogP) is 2.69. The number of hydrogen-bond acceptors (Lipinski definition) is 4. The third kappa shape index (κ3) is 2.37. The van der Waals surface area contributed by atoms with E-state index >= 15 is 0 Å². The molecule has 0 amide bonds. The van der Waals surface area contributed by atoms with E-state index in [1.807, 2.05) is 0 Å². The predicted molar refractivity (Wildman–Crippen MR) is 75.0 cm³/mol. The number of rotatable bonds is 4. The van der Waals surface area contributed by atoms with Crippen molar-refractivity contribution in [2.24, 2.45) is 0 Å². The zero-order chi connectivity index (χ0) is 11.7. The van der Waals surface area contributed by atoms with Crippen LogP contribution in [0.1, 0.15) is 24.2 Å². The number of imidazole rings is 1. The SMILES string of the molecule is Cc1nc2sccn2c1CNCC1CCCS1. The summed E-state index contributed by atoms with van der Waals surface area (Å²) < 4.78 is 2.20. The normalized spacial score (nSPS) is 20.4. The van der Waals surface area contributed by atoms with Crippen LogP contribution in [0.4, 0.5) is 0 Å². The Balaban J connectivity index is 1.63. The van der Waals surface area contributed by atoms with Gasteiger partial charge in [-0.05, 0) is 25.5 Å². The van der Waals surface area contributed by atoms with Gasteiger partial charge >= 0.3 is 0 Å². The van der Waals surface area contributed by atoms with E-state index in [0.29, 0.717) is 0 Å². The molecule has 17 heavy (non-hydrogen) atoms. The van der Waals surface area contributed by atoms with Gasteiger partial charge in [0.25, 0.3) is 0 Å². The van der Waals surface area contributed by atoms with Crippen molar-refractivity contribution in [1.82, 2.24) is 14.7 Å². The van der Waals surface area contributed by atoms with Gasteiger partial charge in [0, 0.05) is 29.9 Å². The Morgan fingerprint density at radius 3 is 3.35 bits per heavy atom. The second-order valence-corrected chi connectivity index (χ2v) is 6.75. The van der Waals surface area contributed by atoms with Crippen LogP contribution >= 0.6 is 23.1 Å². The zero-order valence-corrected chi connectivity index (χ0v) is 11.6. The highest BCUT2D eigenvalue weighted by Crippen LogP contribution is 2.25. The topological polar surface area (TPSA) is 29.3 Å². The number of thioether (sulfide) groups is 1. The number of nitrogens with zero attached hydrogens (tertiary/aromatic N) is 2. The van der Waals surface area contributed by atoms with E-state index in [1.165, 1.54) is 24.3 Å². The van der Waals surface area contributed by atoms with Crippen molar-refractivity contribution in [1.29, 1.82) is 0 Å². The molecule has 0 bridgehead atoms. The summed E-state index contributed by atoms with van der Waals surface area (Å²) in [7, 11) is 0. The van der Waals surface area contributed by atoms with Crippen LogP contribution in [0.15, 0.2) is 11.6 Å². The lowest BCUT2D eigenvalue weighted by Crippen LogP contribution is -2.23. The monoisotopic (exact) mass is 267 g/mol. The summed E-state index contributed by atoms with van der Waals surface area (Å²) in [4.78, 5) is 5.67. The Bertz CT molecular complexity index is 497. The van der Waals surface area contributed by atoms with Crippen LogP contribution in [0.3, 0.4) is 0 Å². The van der Waals surface area contributed by atoms with Crippen LogP contribution in [0.25, 0.3) is 4.96 Å². The summed E-state index contributed by atoms with van der Waals surface area (Å²) in [5, 5.41) is 6.49. The molecule has 1 fully saturated rings. The molecule has 3 rings (SSSR count). The molecule has 1 saturated heterocycles. The van der Waals surface area contributed by atoms with E-state index in [0.717, 1.165) is 29.0 Å². The maximum absolute atomic E-state index is 4.56. The van der Waals surface area contributed by atoms with Crippen LogP contribution in [-0.4, -0.2) is 26.9 Å². The first-order valence-corrected chi connectivity index (χ1v) is 8.01. The van der Waals surface area contributed by atoms with E-state index in [9.17, 15) is 0 Å². The molecule has 3 heterocycles. The van der Waals surface area contributed by atoms with E-state index in [2.05, 4.69) is 45.0 Å². The van der Waals surface area contributed by atoms with Crippen molar-refractivity contribution >= 4 is 28.1 Å². The molecule has 2 aromatic heterocycles. The molecule has 1 unspecified atom stereocenters. The van der Waals surface area contributed by atoms with Gasteiger partial charge in [0.1, 0.15) is 0 Å². The van der Waals surface area contributed by atoms with Gasteiger partial charge in [-0.2, -0.15) is 11.8 Å². The van der Waals surface area contributed by atoms with Gasteiger partial charge in [-0.3, -0.25) is 4.40 Å². The van der Waals surface area contributed by atoms with Crippen molar-refractivity contribution in [3.63, 3.8) is 0 Å². The van der Waals surface area contributed by atoms with Crippen LogP contribution in [0, 0.1) is 6.92 Å². The first kappa shape index (κ1) is 11.6. The smallest absolute Gasteiger partial charge is 0.194 e. The standard InChI is InChI=1S/C12H17N3S2/c1-9-11(15-4-6-17-12(15)14-9)8-13-7-10-3-2-5-16-10/h4,6,10,13H,2-3,5,7-8H2,1H3. The van der Waals surface area contributed by atoms with E-state index < -0.39 is 0 Å². The summed E-state index contributed by atoms with van der Waals surface area (Å²) >= 11 is 3.81. The molecule has 92 valence electrons. The summed E-state index contributed by atoms with van der Waals surface area (Å²) in [5.74, 6) is 1.34. The molecule has 3 nitrogen and oxygen atoms in total. The van der Waals surface area contributed by atoms with Crippen LogP contribution in [0.5, 0.6) is 0 Å². The summed E-state index contributed by atoms with van der Waals surface area (Å²) in [6, 6.07) is 0. The second kappa shape index (κ2) is 5.00. The van der Waals surface area contributed by atoms with E-state index in [1.54, 1.807) is 11.3 Å². The Labute approximate surface area is 110 Å². The number of hydrogen-bond donors (Lipinski definition) is 1. The van der Waals surface area contributed by atoms with Crippen molar-refractivity contribution in [3.05, 3.63) is 23.0 Å². The lowest BCUT2D eigenvalue weighted by atomic mass is 10.2. The minimum atomic E-state index is 0.821. The maximum Gasteiger partial charge on any atom is 0.194 e. The van der Waals surface area contributed by atoms with Crippen LogP contribution < -0.4 is 5.32 Å². The highest BCUT2D eigenvalue weighted by molar-refractivity contribution is 8.00. The fourth-order valence-corrected chi connectivity index (χ4v) is 4.32. The first-order chi connectivity index (χ1) is 8.34. The molecule has 1 aliphatic rings. The van der Waals surface area contributed by atoms with Gasteiger partial charge in [-0.1, -0.05) is 0 Å². The summed E-state index contributed by atoms with van der Waals surface area (Å²) in [6.45, 7) is 4.16. The van der Waals surface area contributed by atoms with Gasteiger partial charge in [0.05, 0.1) is 11.4 Å². The number of thiazole rings is 1. The molecule has 1 N–H and O–H groups in total. The Kier molecular flexibility index (Phi) is 3.40. The van der Waals surface area contributed by atoms with Crippen LogP contribution in [-0.2, 0) is 6.54 Å². The van der Waals surface area contributed by atoms with Crippen molar-refractivity contribution in [3.8, 4) is 0 Å². The number of aromatic nitrogens is 2.